The van der Waals surface area contributed by atoms with Gasteiger partial charge in [-0.05, 0) is 43.9 Å². The second-order valence-electron chi connectivity index (χ2n) is 9.95. The standard InChI is InChI=1S/C24H35NO4/c1-16(2)7-5-10-23(3)19-14-24(11-6-12-25-24)15-28-21(19)18-13-17(22(26)27-4)8-9-20(18)29-23/h8-9,13,16,19,21,25H,5-7,10-12,14-15H2,1-4H3/p+1/t19-,21+,23-,24+/m1/s1. The molecule has 0 aromatic heterocycles. The van der Waals surface area contributed by atoms with Gasteiger partial charge in [-0.15, -0.1) is 0 Å². The summed E-state index contributed by atoms with van der Waals surface area (Å²) in [5.74, 6) is 1.53. The first kappa shape index (κ1) is 20.7. The van der Waals surface area contributed by atoms with E-state index >= 15 is 0 Å². The Morgan fingerprint density at radius 3 is 2.90 bits per heavy atom. The summed E-state index contributed by atoms with van der Waals surface area (Å²) in [5, 5.41) is 2.50. The second kappa shape index (κ2) is 7.92. The molecule has 0 amide bonds. The molecule has 0 unspecified atom stereocenters. The van der Waals surface area contributed by atoms with Crippen molar-refractivity contribution in [3.05, 3.63) is 29.3 Å². The predicted octanol–water partition coefficient (Wildman–Crippen LogP) is 3.62. The van der Waals surface area contributed by atoms with Crippen molar-refractivity contribution in [2.24, 2.45) is 11.8 Å². The average Bonchev–Trinajstić information content (AvgIpc) is 3.15. The zero-order chi connectivity index (χ0) is 20.6. The lowest BCUT2D eigenvalue weighted by Gasteiger charge is -2.52. The monoisotopic (exact) mass is 402 g/mol. The molecule has 5 heteroatoms. The number of esters is 1. The number of benzene rings is 1. The van der Waals surface area contributed by atoms with E-state index in [1.807, 2.05) is 12.1 Å². The van der Waals surface area contributed by atoms with Crippen LogP contribution in [0, 0.1) is 11.8 Å². The summed E-state index contributed by atoms with van der Waals surface area (Å²) < 4.78 is 18.2. The van der Waals surface area contributed by atoms with E-state index in [0.717, 1.165) is 37.2 Å². The highest BCUT2D eigenvalue weighted by Crippen LogP contribution is 2.53. The van der Waals surface area contributed by atoms with Crippen LogP contribution < -0.4 is 10.1 Å². The van der Waals surface area contributed by atoms with E-state index in [4.69, 9.17) is 14.2 Å². The first-order valence-electron chi connectivity index (χ1n) is 11.2. The van der Waals surface area contributed by atoms with Crippen LogP contribution in [0.15, 0.2) is 18.2 Å². The largest absolute Gasteiger partial charge is 0.487 e. The lowest BCUT2D eigenvalue weighted by molar-refractivity contribution is -0.716. The molecule has 4 rings (SSSR count). The molecular weight excluding hydrogens is 366 g/mol. The number of hydrogen-bond donors (Lipinski definition) is 1. The number of methoxy groups -OCH3 is 1. The van der Waals surface area contributed by atoms with Crippen molar-refractivity contribution < 1.29 is 24.3 Å². The van der Waals surface area contributed by atoms with Crippen LogP contribution in [0.25, 0.3) is 0 Å². The highest BCUT2D eigenvalue weighted by atomic mass is 16.5. The zero-order valence-corrected chi connectivity index (χ0v) is 18.3. The van der Waals surface area contributed by atoms with Crippen LogP contribution in [0.2, 0.25) is 0 Å². The van der Waals surface area contributed by atoms with E-state index in [2.05, 4.69) is 26.1 Å². The Bertz CT molecular complexity index is 755. The quantitative estimate of drug-likeness (QED) is 0.764. The van der Waals surface area contributed by atoms with Gasteiger partial charge < -0.3 is 19.5 Å². The number of ether oxygens (including phenoxy) is 3. The van der Waals surface area contributed by atoms with Gasteiger partial charge in [0.25, 0.3) is 0 Å². The molecule has 2 N–H and O–H groups in total. The van der Waals surface area contributed by atoms with Crippen LogP contribution in [0.5, 0.6) is 5.75 Å². The molecule has 1 aromatic rings. The fourth-order valence-corrected chi connectivity index (χ4v) is 5.63. The topological polar surface area (TPSA) is 61.4 Å². The minimum absolute atomic E-state index is 0.0213. The van der Waals surface area contributed by atoms with Gasteiger partial charge in [-0.3, -0.25) is 0 Å². The highest BCUT2D eigenvalue weighted by molar-refractivity contribution is 5.89. The van der Waals surface area contributed by atoms with Crippen LogP contribution in [0.4, 0.5) is 0 Å². The van der Waals surface area contributed by atoms with Gasteiger partial charge in [0.2, 0.25) is 0 Å². The number of rotatable bonds is 5. The Morgan fingerprint density at radius 1 is 1.38 bits per heavy atom. The molecular formula is C24H36NO4+. The van der Waals surface area contributed by atoms with Gasteiger partial charge in [-0.25, -0.2) is 4.79 Å². The lowest BCUT2D eigenvalue weighted by Crippen LogP contribution is -2.95. The molecule has 160 valence electrons. The first-order valence-corrected chi connectivity index (χ1v) is 11.2. The maximum atomic E-state index is 12.1. The molecule has 4 atom stereocenters. The number of nitrogens with two attached hydrogens (primary N) is 1. The smallest absolute Gasteiger partial charge is 0.337 e. The summed E-state index contributed by atoms with van der Waals surface area (Å²) in [6.45, 7) is 8.80. The third-order valence-corrected chi connectivity index (χ3v) is 7.32. The molecule has 0 radical (unpaired) electrons. The summed E-state index contributed by atoms with van der Waals surface area (Å²) in [5.41, 5.74) is 1.52. The van der Waals surface area contributed by atoms with Crippen LogP contribution in [-0.2, 0) is 9.47 Å². The Balaban J connectivity index is 1.67. The Morgan fingerprint density at radius 2 is 2.21 bits per heavy atom. The Hall–Kier alpha value is -1.59. The molecule has 3 aliphatic heterocycles. The molecule has 1 spiro atoms. The van der Waals surface area contributed by atoms with Crippen molar-refractivity contribution in [3.63, 3.8) is 0 Å². The fraction of sp³-hybridized carbons (Fsp3) is 0.708. The van der Waals surface area contributed by atoms with Gasteiger partial charge in [-0.1, -0.05) is 20.3 Å². The number of hydrogen-bond acceptors (Lipinski definition) is 4. The van der Waals surface area contributed by atoms with Gasteiger partial charge in [0, 0.05) is 30.7 Å². The van der Waals surface area contributed by atoms with E-state index in [0.29, 0.717) is 11.5 Å². The van der Waals surface area contributed by atoms with E-state index in [1.165, 1.54) is 32.9 Å². The maximum Gasteiger partial charge on any atom is 0.337 e. The van der Waals surface area contributed by atoms with Crippen LogP contribution >= 0.6 is 0 Å². The third kappa shape index (κ3) is 3.91. The van der Waals surface area contributed by atoms with E-state index in [-0.39, 0.29) is 29.1 Å². The summed E-state index contributed by atoms with van der Waals surface area (Å²) >= 11 is 0. The maximum absolute atomic E-state index is 12.1. The average molecular weight is 403 g/mol. The van der Waals surface area contributed by atoms with Crippen molar-refractivity contribution in [3.8, 4) is 5.75 Å². The number of fused-ring (bicyclic) bond motifs is 3. The summed E-state index contributed by atoms with van der Waals surface area (Å²) in [6.07, 6.45) is 6.96. The van der Waals surface area contributed by atoms with Crippen molar-refractivity contribution in [2.45, 2.75) is 76.5 Å². The van der Waals surface area contributed by atoms with Crippen LogP contribution in [0.3, 0.4) is 0 Å². The van der Waals surface area contributed by atoms with Gasteiger partial charge in [0.05, 0.1) is 25.3 Å². The number of carbonyl (C=O) groups is 1. The van der Waals surface area contributed by atoms with E-state index in [1.54, 1.807) is 6.07 Å². The van der Waals surface area contributed by atoms with Gasteiger partial charge in [0.1, 0.15) is 23.5 Å². The molecule has 29 heavy (non-hydrogen) atoms. The molecule has 1 aromatic carbocycles. The predicted molar refractivity (Wildman–Crippen MR) is 111 cm³/mol. The van der Waals surface area contributed by atoms with Crippen LogP contribution in [0.1, 0.15) is 81.3 Å². The number of carbonyl (C=O) groups excluding carboxylic acids is 1. The van der Waals surface area contributed by atoms with Crippen molar-refractivity contribution in [1.82, 2.24) is 0 Å². The van der Waals surface area contributed by atoms with Crippen molar-refractivity contribution >= 4 is 5.97 Å². The third-order valence-electron chi connectivity index (χ3n) is 7.32. The zero-order valence-electron chi connectivity index (χ0n) is 18.3. The normalized spacial score (nSPS) is 33.3. The van der Waals surface area contributed by atoms with E-state index < -0.39 is 0 Å². The summed E-state index contributed by atoms with van der Waals surface area (Å²) in [6, 6.07) is 5.64. The van der Waals surface area contributed by atoms with Crippen LogP contribution in [-0.4, -0.2) is 37.4 Å². The molecule has 0 saturated carbocycles. The molecule has 0 aliphatic carbocycles. The fourth-order valence-electron chi connectivity index (χ4n) is 5.63. The van der Waals surface area contributed by atoms with Crippen molar-refractivity contribution in [1.29, 1.82) is 0 Å². The van der Waals surface area contributed by atoms with Gasteiger partial charge in [0.15, 0.2) is 0 Å². The second-order valence-corrected chi connectivity index (χ2v) is 9.95. The summed E-state index contributed by atoms with van der Waals surface area (Å²) in [7, 11) is 1.42. The minimum Gasteiger partial charge on any atom is -0.487 e. The minimum atomic E-state index is -0.314. The lowest BCUT2D eigenvalue weighted by atomic mass is 9.68. The molecule has 3 aliphatic rings. The van der Waals surface area contributed by atoms with Gasteiger partial charge in [-0.2, -0.15) is 0 Å². The molecule has 2 saturated heterocycles. The molecule has 0 bridgehead atoms. The molecule has 2 fully saturated rings. The Labute approximate surface area is 174 Å². The number of quaternary nitrogens is 1. The summed E-state index contributed by atoms with van der Waals surface area (Å²) in [4.78, 5) is 12.1. The SMILES string of the molecule is COC(=O)c1ccc2c(c1)[C@@H]1OC[C@]3(CCC[NH2+]3)C[C@H]1[C@@](C)(CCCC(C)C)O2. The van der Waals surface area contributed by atoms with E-state index in [9.17, 15) is 4.79 Å². The van der Waals surface area contributed by atoms with Crippen molar-refractivity contribution in [2.75, 3.05) is 20.3 Å². The highest BCUT2D eigenvalue weighted by Gasteiger charge is 2.56. The Kier molecular flexibility index (Phi) is 5.64. The molecule has 5 nitrogen and oxygen atoms in total. The molecule has 3 heterocycles. The van der Waals surface area contributed by atoms with Gasteiger partial charge >= 0.3 is 5.97 Å². The first-order chi connectivity index (χ1) is 13.9.